The number of pyridine rings is 1. The van der Waals surface area contributed by atoms with E-state index in [0.717, 1.165) is 5.52 Å². The molecule has 0 radical (unpaired) electrons. The fourth-order valence-corrected chi connectivity index (χ4v) is 2.85. The molecular formula is C15H16F3N3O2. The third kappa shape index (κ3) is 3.57. The predicted octanol–water partition coefficient (Wildman–Crippen LogP) is 4.23. The van der Waals surface area contributed by atoms with Crippen LogP contribution in [-0.4, -0.2) is 28.3 Å². The van der Waals surface area contributed by atoms with Gasteiger partial charge in [0.25, 0.3) is 0 Å². The first-order chi connectivity index (χ1) is 10.9. The average molecular weight is 327 g/mol. The summed E-state index contributed by atoms with van der Waals surface area (Å²) in [7, 11) is 0. The van der Waals surface area contributed by atoms with Gasteiger partial charge in [-0.25, -0.2) is 4.79 Å². The van der Waals surface area contributed by atoms with Gasteiger partial charge in [-0.15, -0.1) is 0 Å². The number of amides is 1. The molecule has 1 amide bonds. The monoisotopic (exact) mass is 327 g/mol. The van der Waals surface area contributed by atoms with Gasteiger partial charge in [-0.3, -0.25) is 10.3 Å². The van der Waals surface area contributed by atoms with E-state index in [1.54, 1.807) is 18.5 Å². The lowest BCUT2D eigenvalue weighted by atomic mass is 9.87. The Hall–Kier alpha value is -2.25. The van der Waals surface area contributed by atoms with E-state index in [2.05, 4.69) is 15.3 Å². The lowest BCUT2D eigenvalue weighted by molar-refractivity contribution is -0.185. The quantitative estimate of drug-likeness (QED) is 0.867. The zero-order chi connectivity index (χ0) is 16.4. The van der Waals surface area contributed by atoms with Crippen molar-refractivity contribution in [2.45, 2.75) is 38.0 Å². The van der Waals surface area contributed by atoms with Gasteiger partial charge in [-0.1, -0.05) is 0 Å². The van der Waals surface area contributed by atoms with E-state index in [0.29, 0.717) is 11.2 Å². The number of anilines is 1. The van der Waals surface area contributed by atoms with Crippen LogP contribution in [0.4, 0.5) is 23.7 Å². The normalized spacial score (nSPS) is 22.0. The van der Waals surface area contributed by atoms with Crippen LogP contribution in [0.15, 0.2) is 24.5 Å². The number of carbonyl (C=O) groups is 1. The minimum absolute atomic E-state index is 0.00388. The number of aromatic amines is 1. The van der Waals surface area contributed by atoms with Crippen LogP contribution in [0, 0.1) is 5.92 Å². The van der Waals surface area contributed by atoms with Crippen LogP contribution in [0.2, 0.25) is 0 Å². The molecule has 2 aromatic heterocycles. The highest BCUT2D eigenvalue weighted by Gasteiger charge is 2.42. The molecule has 124 valence electrons. The Morgan fingerprint density at radius 2 is 2.04 bits per heavy atom. The Morgan fingerprint density at radius 3 is 2.74 bits per heavy atom. The Bertz CT molecular complexity index is 691. The Labute approximate surface area is 130 Å². The molecule has 5 nitrogen and oxygen atoms in total. The van der Waals surface area contributed by atoms with Gasteiger partial charge in [-0.2, -0.15) is 13.2 Å². The second-order valence-corrected chi connectivity index (χ2v) is 5.65. The van der Waals surface area contributed by atoms with Crippen LogP contribution in [0.25, 0.3) is 11.0 Å². The molecule has 3 rings (SSSR count). The van der Waals surface area contributed by atoms with Gasteiger partial charge < -0.3 is 9.72 Å². The Kier molecular flexibility index (Phi) is 4.14. The van der Waals surface area contributed by atoms with E-state index < -0.39 is 24.3 Å². The van der Waals surface area contributed by atoms with Crippen LogP contribution in [-0.2, 0) is 4.74 Å². The molecule has 0 saturated heterocycles. The maximum absolute atomic E-state index is 12.6. The van der Waals surface area contributed by atoms with Crippen LogP contribution >= 0.6 is 0 Å². The van der Waals surface area contributed by atoms with Crippen molar-refractivity contribution >= 4 is 22.8 Å². The molecule has 2 N–H and O–H groups in total. The highest BCUT2D eigenvalue weighted by Crippen LogP contribution is 2.38. The van der Waals surface area contributed by atoms with Gasteiger partial charge in [0.05, 0.1) is 17.1 Å². The number of fused-ring (bicyclic) bond motifs is 1. The second-order valence-electron chi connectivity index (χ2n) is 5.65. The largest absolute Gasteiger partial charge is 0.446 e. The van der Waals surface area contributed by atoms with Crippen LogP contribution in [0.3, 0.4) is 0 Å². The van der Waals surface area contributed by atoms with Gasteiger partial charge in [-0.05, 0) is 37.8 Å². The first kappa shape index (κ1) is 15.6. The Morgan fingerprint density at radius 1 is 1.30 bits per heavy atom. The number of rotatable bonds is 2. The molecule has 1 fully saturated rings. The first-order valence-corrected chi connectivity index (χ1v) is 7.40. The van der Waals surface area contributed by atoms with Crippen molar-refractivity contribution in [3.05, 3.63) is 24.5 Å². The second kappa shape index (κ2) is 6.10. The van der Waals surface area contributed by atoms with Gasteiger partial charge in [0.1, 0.15) is 11.6 Å². The summed E-state index contributed by atoms with van der Waals surface area (Å²) < 4.78 is 43.0. The maximum Gasteiger partial charge on any atom is 0.412 e. The maximum atomic E-state index is 12.6. The number of nitrogens with one attached hydrogen (secondary N) is 2. The molecule has 1 aliphatic carbocycles. The third-order valence-electron chi connectivity index (χ3n) is 4.08. The number of H-pyrrole nitrogens is 1. The Balaban J connectivity index is 1.54. The van der Waals surface area contributed by atoms with Crippen molar-refractivity contribution in [2.75, 3.05) is 5.32 Å². The molecule has 0 bridgehead atoms. The van der Waals surface area contributed by atoms with Gasteiger partial charge in [0, 0.05) is 12.4 Å². The lowest BCUT2D eigenvalue weighted by Crippen LogP contribution is -2.32. The minimum atomic E-state index is -4.16. The minimum Gasteiger partial charge on any atom is -0.446 e. The van der Waals surface area contributed by atoms with Gasteiger partial charge >= 0.3 is 12.3 Å². The first-order valence-electron chi connectivity index (χ1n) is 7.40. The molecular weight excluding hydrogens is 311 g/mol. The number of alkyl halides is 3. The summed E-state index contributed by atoms with van der Waals surface area (Å²) in [6.45, 7) is 0. The summed E-state index contributed by atoms with van der Waals surface area (Å²) in [5, 5.41) is 2.58. The zero-order valence-corrected chi connectivity index (χ0v) is 12.2. The van der Waals surface area contributed by atoms with E-state index in [4.69, 9.17) is 4.74 Å². The number of carbonyl (C=O) groups excluding carboxylic acids is 1. The molecule has 8 heteroatoms. The van der Waals surface area contributed by atoms with E-state index in [-0.39, 0.29) is 25.7 Å². The molecule has 2 heterocycles. The van der Waals surface area contributed by atoms with Crippen molar-refractivity contribution in [3.63, 3.8) is 0 Å². The highest BCUT2D eigenvalue weighted by atomic mass is 19.4. The van der Waals surface area contributed by atoms with Crippen LogP contribution in [0.1, 0.15) is 25.7 Å². The average Bonchev–Trinajstić information content (AvgIpc) is 2.90. The van der Waals surface area contributed by atoms with Crippen molar-refractivity contribution in [1.29, 1.82) is 0 Å². The number of hydrogen-bond donors (Lipinski definition) is 2. The smallest absolute Gasteiger partial charge is 0.412 e. The summed E-state index contributed by atoms with van der Waals surface area (Å²) in [5.41, 5.74) is 1.85. The van der Waals surface area contributed by atoms with Crippen molar-refractivity contribution in [3.8, 4) is 0 Å². The van der Waals surface area contributed by atoms with E-state index in [9.17, 15) is 18.0 Å². The summed E-state index contributed by atoms with van der Waals surface area (Å²) >= 11 is 0. The molecule has 0 unspecified atom stereocenters. The van der Waals surface area contributed by atoms with Crippen molar-refractivity contribution < 1.29 is 22.7 Å². The van der Waals surface area contributed by atoms with Crippen LogP contribution < -0.4 is 5.32 Å². The number of hydrogen-bond acceptors (Lipinski definition) is 3. The van der Waals surface area contributed by atoms with E-state index in [1.165, 1.54) is 0 Å². The lowest BCUT2D eigenvalue weighted by Gasteiger charge is -2.29. The van der Waals surface area contributed by atoms with Gasteiger partial charge in [0.15, 0.2) is 0 Å². The summed E-state index contributed by atoms with van der Waals surface area (Å²) in [5.74, 6) is -1.29. The number of ether oxygens (including phenoxy) is 1. The zero-order valence-electron chi connectivity index (χ0n) is 12.2. The molecule has 1 aliphatic rings. The molecule has 0 atom stereocenters. The fraction of sp³-hybridized carbons (Fsp3) is 0.467. The van der Waals surface area contributed by atoms with Gasteiger partial charge in [0.2, 0.25) is 0 Å². The van der Waals surface area contributed by atoms with Crippen LogP contribution in [0.5, 0.6) is 0 Å². The fourth-order valence-electron chi connectivity index (χ4n) is 2.85. The molecule has 0 spiro atoms. The third-order valence-corrected chi connectivity index (χ3v) is 4.08. The highest BCUT2D eigenvalue weighted by molar-refractivity contribution is 5.97. The predicted molar refractivity (Wildman–Crippen MR) is 78.0 cm³/mol. The standard InChI is InChI=1S/C15H16F3N3O2/c16-15(17,18)9-3-5-10(6-4-9)23-14(22)21-12-8-20-11-2-1-7-19-13(11)12/h1-2,7-10,20H,3-6H2,(H,21,22)/t9-,10-. The molecule has 23 heavy (non-hydrogen) atoms. The van der Waals surface area contributed by atoms with E-state index >= 15 is 0 Å². The van der Waals surface area contributed by atoms with E-state index in [1.807, 2.05) is 6.07 Å². The number of nitrogens with zero attached hydrogens (tertiary/aromatic N) is 1. The molecule has 0 aromatic carbocycles. The molecule has 0 aliphatic heterocycles. The number of halogens is 3. The van der Waals surface area contributed by atoms with Crippen molar-refractivity contribution in [1.82, 2.24) is 9.97 Å². The summed E-state index contributed by atoms with van der Waals surface area (Å²) in [6.07, 6.45) is -1.67. The number of aromatic nitrogens is 2. The molecule has 2 aromatic rings. The SMILES string of the molecule is O=C(Nc1c[nH]c2cccnc12)O[C@H]1CC[C@H](C(F)(F)F)CC1. The van der Waals surface area contributed by atoms with Crippen molar-refractivity contribution in [2.24, 2.45) is 5.92 Å². The summed E-state index contributed by atoms with van der Waals surface area (Å²) in [4.78, 5) is 19.0. The summed E-state index contributed by atoms with van der Waals surface area (Å²) in [6, 6.07) is 3.58. The molecule has 1 saturated carbocycles. The topological polar surface area (TPSA) is 67.0 Å².